The molecule has 3 unspecified atom stereocenters. The lowest BCUT2D eigenvalue weighted by molar-refractivity contribution is -0.0336. The fourth-order valence-electron chi connectivity index (χ4n) is 7.27. The van der Waals surface area contributed by atoms with E-state index in [1.165, 1.54) is 12.1 Å². The molecular weight excluding hydrogens is 632 g/mol. The molecule has 1 aromatic heterocycles. The zero-order valence-corrected chi connectivity index (χ0v) is 28.7. The molecule has 10 nitrogen and oxygen atoms in total. The van der Waals surface area contributed by atoms with Crippen LogP contribution in [-0.2, 0) is 4.74 Å². The summed E-state index contributed by atoms with van der Waals surface area (Å²) in [7, 11) is 0. The van der Waals surface area contributed by atoms with Crippen LogP contribution in [0.4, 0.5) is 4.79 Å². The number of aromatic hydroxyl groups is 1. The van der Waals surface area contributed by atoms with Crippen molar-refractivity contribution in [3.63, 3.8) is 0 Å². The number of hydrogen-bond donors (Lipinski definition) is 5. The molecule has 266 valence electrons. The second-order valence-corrected chi connectivity index (χ2v) is 13.6. The van der Waals surface area contributed by atoms with Crippen molar-refractivity contribution in [1.29, 1.82) is 0 Å². The van der Waals surface area contributed by atoms with Gasteiger partial charge in [-0.3, -0.25) is 9.69 Å². The van der Waals surface area contributed by atoms with E-state index in [4.69, 9.17) is 9.47 Å². The Labute approximate surface area is 293 Å². The van der Waals surface area contributed by atoms with E-state index in [1.54, 1.807) is 12.1 Å². The molecule has 4 heterocycles. The van der Waals surface area contributed by atoms with E-state index in [-0.39, 0.29) is 29.5 Å². The predicted octanol–water partition coefficient (Wildman–Crippen LogP) is 6.19. The number of piperidine rings is 3. The van der Waals surface area contributed by atoms with Crippen molar-refractivity contribution in [2.75, 3.05) is 39.3 Å². The van der Waals surface area contributed by atoms with Crippen LogP contribution in [0.1, 0.15) is 80.2 Å². The highest BCUT2D eigenvalue weighted by Crippen LogP contribution is 2.31. The van der Waals surface area contributed by atoms with Crippen molar-refractivity contribution in [3.05, 3.63) is 106 Å². The van der Waals surface area contributed by atoms with Crippen molar-refractivity contribution >= 4 is 17.0 Å². The highest BCUT2D eigenvalue weighted by molar-refractivity contribution is 5.87. The first-order valence-corrected chi connectivity index (χ1v) is 18.2. The fourth-order valence-corrected chi connectivity index (χ4v) is 7.27. The van der Waals surface area contributed by atoms with E-state index in [2.05, 4.69) is 20.5 Å². The average molecular weight is 683 g/mol. The second kappa shape index (κ2) is 17.5. The number of fused-ring (bicyclic) bond motifs is 4. The number of aromatic amines is 1. The first-order chi connectivity index (χ1) is 24.4. The summed E-state index contributed by atoms with van der Waals surface area (Å²) in [4.78, 5) is 29.8. The standard InChI is InChI=1S/C40H50N4O6/c45-34-17-15-32(33-16-18-37(47)42-39(33)34)35(46)26-41-21-8-3-1-2-4-9-24-49-31-14-10-13-30(25-31)38(29-11-6-5-7-12-29)43-40(48)50-36-27-44-22-19-28(36)20-23-44/h5-7,10-18,25,28,35-36,38,41,45-46H,1-4,8-9,19-24,26-27H2,(H,42,47)(H,43,48). The number of aliphatic hydroxyl groups is 1. The Morgan fingerprint density at radius 1 is 0.900 bits per heavy atom. The molecule has 0 aliphatic carbocycles. The molecule has 3 saturated heterocycles. The zero-order chi connectivity index (χ0) is 34.7. The van der Waals surface area contributed by atoms with Crippen LogP contribution >= 0.6 is 0 Å². The van der Waals surface area contributed by atoms with Crippen molar-refractivity contribution < 1.29 is 24.5 Å². The number of amides is 1. The summed E-state index contributed by atoms with van der Waals surface area (Å²) in [5, 5.41) is 27.9. The number of aromatic nitrogens is 1. The van der Waals surface area contributed by atoms with Crippen LogP contribution in [0.25, 0.3) is 10.9 Å². The quantitative estimate of drug-likeness (QED) is 0.0833. The Morgan fingerprint density at radius 3 is 2.44 bits per heavy atom. The van der Waals surface area contributed by atoms with Gasteiger partial charge in [-0.1, -0.05) is 74.2 Å². The number of ether oxygens (including phenoxy) is 2. The van der Waals surface area contributed by atoms with Crippen molar-refractivity contribution in [2.24, 2.45) is 5.92 Å². The van der Waals surface area contributed by atoms with Crippen LogP contribution in [0.15, 0.2) is 83.7 Å². The predicted molar refractivity (Wildman–Crippen MR) is 195 cm³/mol. The minimum Gasteiger partial charge on any atom is -0.506 e. The summed E-state index contributed by atoms with van der Waals surface area (Å²) in [5.41, 5.74) is 2.66. The smallest absolute Gasteiger partial charge is 0.408 e. The van der Waals surface area contributed by atoms with Gasteiger partial charge in [0.25, 0.3) is 0 Å². The van der Waals surface area contributed by atoms with Gasteiger partial charge in [0.05, 0.1) is 24.3 Å². The lowest BCUT2D eigenvalue weighted by Gasteiger charge is -2.43. The third-order valence-electron chi connectivity index (χ3n) is 10.1. The number of alkyl carbamates (subject to hydrolysis) is 1. The largest absolute Gasteiger partial charge is 0.506 e. The van der Waals surface area contributed by atoms with Gasteiger partial charge in [0.15, 0.2) is 0 Å². The molecule has 4 aromatic rings. The molecule has 3 atom stereocenters. The highest BCUT2D eigenvalue weighted by atomic mass is 16.6. The van der Waals surface area contributed by atoms with Gasteiger partial charge in [0.1, 0.15) is 17.6 Å². The molecule has 0 saturated carbocycles. The van der Waals surface area contributed by atoms with E-state index < -0.39 is 6.10 Å². The number of hydrogen-bond acceptors (Lipinski definition) is 8. The van der Waals surface area contributed by atoms with Crippen molar-refractivity contribution in [1.82, 2.24) is 20.5 Å². The maximum atomic E-state index is 13.1. The van der Waals surface area contributed by atoms with Crippen molar-refractivity contribution in [2.45, 2.75) is 69.6 Å². The third kappa shape index (κ3) is 9.44. The fraction of sp³-hybridized carbons (Fsp3) is 0.450. The number of nitrogens with zero attached hydrogens (tertiary/aromatic N) is 1. The number of benzene rings is 3. The number of pyridine rings is 1. The zero-order valence-electron chi connectivity index (χ0n) is 28.7. The van der Waals surface area contributed by atoms with Crippen LogP contribution < -0.4 is 20.9 Å². The van der Waals surface area contributed by atoms with E-state index in [0.717, 1.165) is 94.4 Å². The normalized spacial score (nSPS) is 19.6. The number of unbranched alkanes of at least 4 members (excludes halogenated alkanes) is 5. The summed E-state index contributed by atoms with van der Waals surface area (Å²) >= 11 is 0. The number of nitrogens with one attached hydrogen (secondary N) is 3. The van der Waals surface area contributed by atoms with Gasteiger partial charge < -0.3 is 35.3 Å². The van der Waals surface area contributed by atoms with E-state index >= 15 is 0 Å². The molecule has 50 heavy (non-hydrogen) atoms. The first-order valence-electron chi connectivity index (χ1n) is 18.2. The molecule has 3 aliphatic rings. The maximum absolute atomic E-state index is 13.1. The van der Waals surface area contributed by atoms with Gasteiger partial charge >= 0.3 is 6.09 Å². The molecule has 5 N–H and O–H groups in total. The number of carbonyl (C=O) groups is 1. The van der Waals surface area contributed by atoms with E-state index in [0.29, 0.717) is 35.5 Å². The number of aliphatic hydroxyl groups excluding tert-OH is 1. The molecule has 3 aliphatic heterocycles. The molecule has 0 spiro atoms. The molecule has 10 heteroatoms. The maximum Gasteiger partial charge on any atom is 0.408 e. The SMILES string of the molecule is O=C(NC(c1ccccc1)c1cccc(OCCCCCCCCNCC(O)c2ccc(O)c3[nH]c(=O)ccc23)c1)OC1CN2CCC1CC2. The topological polar surface area (TPSA) is 136 Å². The van der Waals surface area contributed by atoms with Gasteiger partial charge in [-0.05, 0) is 92.2 Å². The minimum atomic E-state index is -0.749. The summed E-state index contributed by atoms with van der Waals surface area (Å²) in [6.07, 6.45) is 7.45. The van der Waals surface area contributed by atoms with Crippen LogP contribution in [0.3, 0.4) is 0 Å². The summed E-state index contributed by atoms with van der Waals surface area (Å²) < 4.78 is 12.1. The van der Waals surface area contributed by atoms with Gasteiger partial charge in [0, 0.05) is 24.5 Å². The highest BCUT2D eigenvalue weighted by Gasteiger charge is 2.37. The summed E-state index contributed by atoms with van der Waals surface area (Å²) in [5.74, 6) is 1.23. The van der Waals surface area contributed by atoms with Gasteiger partial charge in [-0.25, -0.2) is 4.79 Å². The Bertz CT molecular complexity index is 1740. The lowest BCUT2D eigenvalue weighted by Crippen LogP contribution is -2.52. The van der Waals surface area contributed by atoms with E-state index in [1.807, 2.05) is 54.6 Å². The Morgan fingerprint density at radius 2 is 1.66 bits per heavy atom. The lowest BCUT2D eigenvalue weighted by atomic mass is 9.86. The van der Waals surface area contributed by atoms with Crippen LogP contribution in [0, 0.1) is 5.92 Å². The monoisotopic (exact) mass is 682 g/mol. The Hall–Kier alpha value is -4.38. The molecule has 0 radical (unpaired) electrons. The Kier molecular flexibility index (Phi) is 12.4. The summed E-state index contributed by atoms with van der Waals surface area (Å²) in [6.45, 7) is 4.86. The third-order valence-corrected chi connectivity index (χ3v) is 10.1. The van der Waals surface area contributed by atoms with Crippen LogP contribution in [0.5, 0.6) is 11.5 Å². The average Bonchev–Trinajstić information content (AvgIpc) is 3.14. The number of H-pyrrole nitrogens is 1. The molecule has 2 bridgehead atoms. The molecular formula is C40H50N4O6. The molecule has 1 amide bonds. The second-order valence-electron chi connectivity index (χ2n) is 13.6. The van der Waals surface area contributed by atoms with Crippen LogP contribution in [0.2, 0.25) is 0 Å². The van der Waals surface area contributed by atoms with Gasteiger partial charge in [0.2, 0.25) is 5.56 Å². The number of phenolic OH excluding ortho intramolecular Hbond substituents is 1. The number of phenols is 1. The minimum absolute atomic E-state index is 0.0121. The van der Waals surface area contributed by atoms with E-state index in [9.17, 15) is 19.8 Å². The number of rotatable bonds is 17. The summed E-state index contributed by atoms with van der Waals surface area (Å²) in [6, 6.07) is 23.8. The van der Waals surface area contributed by atoms with Gasteiger partial charge in [-0.15, -0.1) is 0 Å². The molecule has 3 fully saturated rings. The van der Waals surface area contributed by atoms with Crippen LogP contribution in [-0.4, -0.2) is 71.6 Å². The number of carbonyl (C=O) groups excluding carboxylic acids is 1. The first kappa shape index (κ1) is 35.4. The Balaban J connectivity index is 0.880. The van der Waals surface area contributed by atoms with Crippen molar-refractivity contribution in [3.8, 4) is 11.5 Å². The van der Waals surface area contributed by atoms with Gasteiger partial charge in [-0.2, -0.15) is 0 Å². The molecule has 3 aromatic carbocycles. The molecule has 7 rings (SSSR count).